The first kappa shape index (κ1) is 25.8. The average Bonchev–Trinajstić information content (AvgIpc) is 3.28. The van der Waals surface area contributed by atoms with Crippen molar-refractivity contribution in [3.05, 3.63) is 71.5 Å². The van der Waals surface area contributed by atoms with Gasteiger partial charge in [-0.3, -0.25) is 4.79 Å². The zero-order chi connectivity index (χ0) is 26.7. The van der Waals surface area contributed by atoms with Crippen LogP contribution in [0, 0.1) is 11.7 Å². The molecule has 0 bridgehead atoms. The van der Waals surface area contributed by atoms with Gasteiger partial charge in [0, 0.05) is 29.6 Å². The molecular weight excluding hydrogens is 477 g/mol. The first-order valence-electron chi connectivity index (χ1n) is 11.8. The molecule has 1 N–H and O–H groups in total. The van der Waals surface area contributed by atoms with Gasteiger partial charge in [0.15, 0.2) is 0 Å². The summed E-state index contributed by atoms with van der Waals surface area (Å²) in [5, 5.41) is 3.20. The fraction of sp³-hybridized carbons (Fsp3) is 0.241. The lowest BCUT2D eigenvalue weighted by Crippen LogP contribution is -2.18. The number of nitrogens with one attached hydrogen (secondary N) is 1. The van der Waals surface area contributed by atoms with Crippen molar-refractivity contribution >= 4 is 22.8 Å². The number of methoxy groups -OCH3 is 2. The zero-order valence-corrected chi connectivity index (χ0v) is 21.3. The van der Waals surface area contributed by atoms with Gasteiger partial charge in [0.1, 0.15) is 34.2 Å². The molecule has 0 aliphatic rings. The van der Waals surface area contributed by atoms with E-state index in [0.717, 1.165) is 0 Å². The standard InChI is InChI=1S/C29H28FNO6/c1-16(2)15-36-24-14-25-21(13-20(24)18-8-11-23(34-4)22(12-18)29(33)35-5)26(28(32)31-3)27(37-25)17-6-9-19(30)10-7-17/h6-14,16H,15H2,1-5H3,(H,31,32). The van der Waals surface area contributed by atoms with E-state index in [-0.39, 0.29) is 17.4 Å². The first-order chi connectivity index (χ1) is 17.8. The summed E-state index contributed by atoms with van der Waals surface area (Å²) in [4.78, 5) is 25.4. The van der Waals surface area contributed by atoms with E-state index in [1.54, 1.807) is 42.5 Å². The number of ether oxygens (including phenoxy) is 3. The Labute approximate surface area is 214 Å². The molecule has 8 heteroatoms. The minimum atomic E-state index is -0.544. The highest BCUT2D eigenvalue weighted by atomic mass is 19.1. The molecule has 0 aliphatic heterocycles. The fourth-order valence-electron chi connectivity index (χ4n) is 4.03. The molecule has 4 rings (SSSR count). The number of benzene rings is 3. The lowest BCUT2D eigenvalue weighted by molar-refractivity contribution is 0.0597. The molecule has 192 valence electrons. The van der Waals surface area contributed by atoms with E-state index >= 15 is 0 Å². The van der Waals surface area contributed by atoms with Crippen LogP contribution in [-0.2, 0) is 4.74 Å². The third-order valence-electron chi connectivity index (χ3n) is 5.84. The summed E-state index contributed by atoms with van der Waals surface area (Å²) in [5.74, 6) is 0.152. The summed E-state index contributed by atoms with van der Waals surface area (Å²) in [5.41, 5.74) is 2.86. The van der Waals surface area contributed by atoms with E-state index < -0.39 is 11.8 Å². The van der Waals surface area contributed by atoms with Crippen LogP contribution in [0.3, 0.4) is 0 Å². The Balaban J connectivity index is 1.99. The van der Waals surface area contributed by atoms with Crippen molar-refractivity contribution in [2.75, 3.05) is 27.9 Å². The normalized spacial score (nSPS) is 11.0. The Morgan fingerprint density at radius 1 is 0.973 bits per heavy atom. The summed E-state index contributed by atoms with van der Waals surface area (Å²) in [6.45, 7) is 4.50. The molecule has 0 fully saturated rings. The van der Waals surface area contributed by atoms with E-state index in [1.165, 1.54) is 33.4 Å². The van der Waals surface area contributed by atoms with Gasteiger partial charge in [0.2, 0.25) is 0 Å². The number of hydrogen-bond donors (Lipinski definition) is 1. The maximum atomic E-state index is 13.6. The van der Waals surface area contributed by atoms with Crippen LogP contribution in [-0.4, -0.2) is 39.8 Å². The first-order valence-corrected chi connectivity index (χ1v) is 11.8. The largest absolute Gasteiger partial charge is 0.496 e. The molecule has 0 saturated heterocycles. The van der Waals surface area contributed by atoms with Crippen LogP contribution >= 0.6 is 0 Å². The van der Waals surface area contributed by atoms with Gasteiger partial charge in [-0.15, -0.1) is 0 Å². The molecule has 4 aromatic rings. The second-order valence-electron chi connectivity index (χ2n) is 8.85. The van der Waals surface area contributed by atoms with Crippen LogP contribution in [0.15, 0.2) is 59.0 Å². The van der Waals surface area contributed by atoms with E-state index in [9.17, 15) is 14.0 Å². The summed E-state index contributed by atoms with van der Waals surface area (Å²) < 4.78 is 36.1. The fourth-order valence-corrected chi connectivity index (χ4v) is 4.03. The maximum Gasteiger partial charge on any atom is 0.341 e. The number of esters is 1. The van der Waals surface area contributed by atoms with E-state index in [1.807, 2.05) is 13.8 Å². The molecule has 0 radical (unpaired) electrons. The third kappa shape index (κ3) is 5.14. The van der Waals surface area contributed by atoms with Gasteiger partial charge < -0.3 is 23.9 Å². The Morgan fingerprint density at radius 3 is 2.30 bits per heavy atom. The van der Waals surface area contributed by atoms with Gasteiger partial charge >= 0.3 is 5.97 Å². The van der Waals surface area contributed by atoms with Crippen molar-refractivity contribution < 1.29 is 32.6 Å². The minimum Gasteiger partial charge on any atom is -0.496 e. The molecule has 0 atom stereocenters. The Hall–Kier alpha value is -4.33. The molecule has 1 amide bonds. The lowest BCUT2D eigenvalue weighted by atomic mass is 9.97. The summed E-state index contributed by atoms with van der Waals surface area (Å²) in [6, 6.07) is 14.4. The molecule has 3 aromatic carbocycles. The van der Waals surface area contributed by atoms with Crippen LogP contribution in [0.25, 0.3) is 33.4 Å². The third-order valence-corrected chi connectivity index (χ3v) is 5.84. The molecule has 7 nitrogen and oxygen atoms in total. The number of carbonyl (C=O) groups is 2. The molecule has 0 saturated carbocycles. The maximum absolute atomic E-state index is 13.6. The van der Waals surface area contributed by atoms with Gasteiger partial charge in [0.05, 0.1) is 26.4 Å². The van der Waals surface area contributed by atoms with E-state index in [4.69, 9.17) is 18.6 Å². The second kappa shape index (κ2) is 10.7. The Morgan fingerprint density at radius 2 is 1.68 bits per heavy atom. The summed E-state index contributed by atoms with van der Waals surface area (Å²) in [7, 11) is 4.31. The summed E-state index contributed by atoms with van der Waals surface area (Å²) in [6.07, 6.45) is 0. The highest BCUT2D eigenvalue weighted by molar-refractivity contribution is 6.12. The number of amides is 1. The number of rotatable bonds is 8. The predicted molar refractivity (Wildman–Crippen MR) is 139 cm³/mol. The SMILES string of the molecule is CNC(=O)c1c(-c2ccc(F)cc2)oc2cc(OCC(C)C)c(-c3ccc(OC)c(C(=O)OC)c3)cc12. The van der Waals surface area contributed by atoms with E-state index in [2.05, 4.69) is 5.32 Å². The Kier molecular flexibility index (Phi) is 7.47. The van der Waals surface area contributed by atoms with Crippen molar-refractivity contribution in [3.8, 4) is 33.9 Å². The Bertz CT molecular complexity index is 1460. The van der Waals surface area contributed by atoms with Crippen LogP contribution in [0.5, 0.6) is 11.5 Å². The number of fused-ring (bicyclic) bond motifs is 1. The number of carbonyl (C=O) groups excluding carboxylic acids is 2. The van der Waals surface area contributed by atoms with Gasteiger partial charge in [0.25, 0.3) is 5.91 Å². The van der Waals surface area contributed by atoms with Crippen molar-refractivity contribution in [1.82, 2.24) is 5.32 Å². The van der Waals surface area contributed by atoms with Gasteiger partial charge in [-0.2, -0.15) is 0 Å². The molecule has 0 aliphatic carbocycles. The monoisotopic (exact) mass is 505 g/mol. The van der Waals surface area contributed by atoms with Crippen molar-refractivity contribution in [2.45, 2.75) is 13.8 Å². The van der Waals surface area contributed by atoms with Gasteiger partial charge in [-0.25, -0.2) is 9.18 Å². The number of hydrogen-bond acceptors (Lipinski definition) is 6. The molecular formula is C29H28FNO6. The highest BCUT2D eigenvalue weighted by Gasteiger charge is 2.25. The molecule has 37 heavy (non-hydrogen) atoms. The van der Waals surface area contributed by atoms with Crippen molar-refractivity contribution in [2.24, 2.45) is 5.92 Å². The van der Waals surface area contributed by atoms with Crippen molar-refractivity contribution in [1.29, 1.82) is 0 Å². The molecule has 1 heterocycles. The minimum absolute atomic E-state index is 0.248. The zero-order valence-electron chi connectivity index (χ0n) is 21.3. The smallest absolute Gasteiger partial charge is 0.341 e. The lowest BCUT2D eigenvalue weighted by Gasteiger charge is -2.15. The van der Waals surface area contributed by atoms with E-state index in [0.29, 0.717) is 57.1 Å². The summed E-state index contributed by atoms with van der Waals surface area (Å²) >= 11 is 0. The molecule has 1 aromatic heterocycles. The highest BCUT2D eigenvalue weighted by Crippen LogP contribution is 2.41. The predicted octanol–water partition coefficient (Wildman–Crippen LogP) is 6.10. The quantitative estimate of drug-likeness (QED) is 0.292. The van der Waals surface area contributed by atoms with Crippen LogP contribution < -0.4 is 14.8 Å². The van der Waals surface area contributed by atoms with Crippen LogP contribution in [0.2, 0.25) is 0 Å². The molecule has 0 spiro atoms. The van der Waals surface area contributed by atoms with Crippen molar-refractivity contribution in [3.63, 3.8) is 0 Å². The number of furan rings is 1. The van der Waals surface area contributed by atoms with Crippen LogP contribution in [0.4, 0.5) is 4.39 Å². The molecule has 0 unspecified atom stereocenters. The van der Waals surface area contributed by atoms with Crippen LogP contribution in [0.1, 0.15) is 34.6 Å². The van der Waals surface area contributed by atoms with Gasteiger partial charge in [-0.1, -0.05) is 19.9 Å². The average molecular weight is 506 g/mol. The topological polar surface area (TPSA) is 87.0 Å². The number of halogens is 1. The second-order valence-corrected chi connectivity index (χ2v) is 8.85. The van der Waals surface area contributed by atoms with Gasteiger partial charge in [-0.05, 0) is 53.9 Å².